The van der Waals surface area contributed by atoms with E-state index in [-0.39, 0.29) is 0 Å². The van der Waals surface area contributed by atoms with Gasteiger partial charge in [0, 0.05) is 18.5 Å². The van der Waals surface area contributed by atoms with Gasteiger partial charge in [-0.3, -0.25) is 0 Å². The minimum atomic E-state index is 0.923. The van der Waals surface area contributed by atoms with E-state index in [1.807, 2.05) is 18.2 Å². The van der Waals surface area contributed by atoms with Gasteiger partial charge >= 0.3 is 0 Å². The van der Waals surface area contributed by atoms with Gasteiger partial charge in [0.1, 0.15) is 3.82 Å². The summed E-state index contributed by atoms with van der Waals surface area (Å²) >= 11 is 7.16. The van der Waals surface area contributed by atoms with Crippen molar-refractivity contribution < 1.29 is 0 Å². The van der Waals surface area contributed by atoms with E-state index in [9.17, 15) is 0 Å². The third-order valence-corrected chi connectivity index (χ3v) is 5.33. The maximum atomic E-state index is 5.54. The highest BCUT2D eigenvalue weighted by Gasteiger charge is 2.18. The average molecular weight is 310 g/mol. The Bertz CT molecular complexity index is 870. The second-order valence-electron chi connectivity index (χ2n) is 5.24. The van der Waals surface area contributed by atoms with E-state index in [4.69, 9.17) is 17.2 Å². The van der Waals surface area contributed by atoms with Crippen molar-refractivity contribution in [1.29, 1.82) is 0 Å². The summed E-state index contributed by atoms with van der Waals surface area (Å²) in [6.45, 7) is 1.93. The third kappa shape index (κ3) is 2.34. The lowest BCUT2D eigenvalue weighted by atomic mass is 10.0. The van der Waals surface area contributed by atoms with Gasteiger partial charge < -0.3 is 4.90 Å². The van der Waals surface area contributed by atoms with Crippen LogP contribution in [0.1, 0.15) is 11.1 Å². The molecule has 0 bridgehead atoms. The molecule has 0 amide bonds. The quantitative estimate of drug-likeness (QED) is 0.612. The van der Waals surface area contributed by atoms with Crippen LogP contribution in [-0.4, -0.2) is 11.5 Å². The molecule has 0 spiro atoms. The number of rotatable bonds is 1. The average Bonchev–Trinajstić information content (AvgIpc) is 2.54. The number of anilines is 1. The molecule has 2 aromatic carbocycles. The minimum absolute atomic E-state index is 0.923. The van der Waals surface area contributed by atoms with Crippen molar-refractivity contribution in [2.24, 2.45) is 0 Å². The summed E-state index contributed by atoms with van der Waals surface area (Å²) in [5.74, 6) is 0. The second kappa shape index (κ2) is 5.20. The van der Waals surface area contributed by atoms with Gasteiger partial charge in [-0.25, -0.2) is 4.98 Å². The topological polar surface area (TPSA) is 16.1 Å². The predicted octanol–water partition coefficient (Wildman–Crippen LogP) is 4.59. The number of benzene rings is 2. The fraction of sp³-hybridized carbons (Fsp3) is 0.176. The van der Waals surface area contributed by atoms with Gasteiger partial charge in [0.15, 0.2) is 5.13 Å². The van der Waals surface area contributed by atoms with E-state index in [1.54, 1.807) is 11.3 Å². The maximum Gasteiger partial charge on any atom is 0.187 e. The van der Waals surface area contributed by atoms with Gasteiger partial charge in [0.25, 0.3) is 0 Å². The van der Waals surface area contributed by atoms with Crippen LogP contribution >= 0.6 is 23.6 Å². The highest BCUT2D eigenvalue weighted by molar-refractivity contribution is 7.74. The number of hydrogen-bond donors (Lipinski definition) is 0. The van der Waals surface area contributed by atoms with Gasteiger partial charge in [-0.05, 0) is 23.6 Å². The first kappa shape index (κ1) is 12.9. The second-order valence-corrected chi connectivity index (χ2v) is 6.89. The highest BCUT2D eigenvalue weighted by atomic mass is 32.1. The predicted molar refractivity (Wildman–Crippen MR) is 91.7 cm³/mol. The summed E-state index contributed by atoms with van der Waals surface area (Å²) in [5, 5.41) is 2.12. The summed E-state index contributed by atoms with van der Waals surface area (Å²) in [6.07, 6.45) is 1.07. The van der Waals surface area contributed by atoms with Crippen LogP contribution in [0.3, 0.4) is 0 Å². The van der Waals surface area contributed by atoms with Gasteiger partial charge in [-0.2, -0.15) is 0 Å². The van der Waals surface area contributed by atoms with E-state index in [2.05, 4.69) is 35.2 Å². The molecule has 0 saturated carbocycles. The Kier molecular flexibility index (Phi) is 3.20. The number of fused-ring (bicyclic) bond motifs is 2. The molecule has 4 heteroatoms. The first-order valence-electron chi connectivity index (χ1n) is 7.03. The zero-order valence-electron chi connectivity index (χ0n) is 11.5. The summed E-state index contributed by atoms with van der Waals surface area (Å²) in [5.41, 5.74) is 3.85. The first-order chi connectivity index (χ1) is 10.3. The van der Waals surface area contributed by atoms with Crippen LogP contribution < -0.4 is 4.90 Å². The van der Waals surface area contributed by atoms with Crippen molar-refractivity contribution in [3.05, 3.63) is 63.5 Å². The fourth-order valence-electron chi connectivity index (χ4n) is 2.80. The van der Waals surface area contributed by atoms with E-state index in [0.717, 1.165) is 39.4 Å². The molecule has 0 atom stereocenters. The monoisotopic (exact) mass is 310 g/mol. The summed E-state index contributed by atoms with van der Waals surface area (Å²) in [6, 6.07) is 16.8. The lowest BCUT2D eigenvalue weighted by Gasteiger charge is -2.29. The fourth-order valence-corrected chi connectivity index (χ4v) is 4.08. The van der Waals surface area contributed by atoms with Gasteiger partial charge in [0.2, 0.25) is 0 Å². The van der Waals surface area contributed by atoms with Crippen LogP contribution in [-0.2, 0) is 13.0 Å². The Balaban J connectivity index is 1.76. The number of para-hydroxylation sites is 1. The van der Waals surface area contributed by atoms with Crippen LogP contribution in [0.15, 0.2) is 48.5 Å². The van der Waals surface area contributed by atoms with Crippen molar-refractivity contribution in [3.63, 3.8) is 0 Å². The number of aromatic nitrogens is 1. The molecule has 0 N–H and O–H groups in total. The van der Waals surface area contributed by atoms with Crippen molar-refractivity contribution in [1.82, 2.24) is 4.98 Å². The number of hydrogen-bond acceptors (Lipinski definition) is 4. The molecule has 0 fully saturated rings. The van der Waals surface area contributed by atoms with E-state index in [1.165, 1.54) is 11.1 Å². The molecule has 2 heterocycles. The molecular formula is C17H14N2S2. The Hall–Kier alpha value is -1.78. The van der Waals surface area contributed by atoms with Crippen LogP contribution in [0.4, 0.5) is 5.13 Å². The SMILES string of the molecule is S=c1sc(N2CCc3ccccc3C2)nc2ccccc12. The van der Waals surface area contributed by atoms with E-state index >= 15 is 0 Å². The van der Waals surface area contributed by atoms with Gasteiger partial charge in [-0.1, -0.05) is 66.0 Å². The molecule has 0 radical (unpaired) electrons. The standard InChI is InChI=1S/C17H14N2S2/c20-16-14-7-3-4-8-15(14)18-17(21-16)19-10-9-12-5-1-2-6-13(12)11-19/h1-8H,9-11H2. The molecule has 1 aliphatic heterocycles. The molecule has 2 nitrogen and oxygen atoms in total. The Labute approximate surface area is 132 Å². The Morgan fingerprint density at radius 3 is 2.67 bits per heavy atom. The van der Waals surface area contributed by atoms with Crippen molar-refractivity contribution in [3.8, 4) is 0 Å². The largest absolute Gasteiger partial charge is 0.343 e. The normalized spacial score (nSPS) is 14.2. The van der Waals surface area contributed by atoms with Crippen molar-refractivity contribution in [2.75, 3.05) is 11.4 Å². The molecule has 104 valence electrons. The number of nitrogens with zero attached hydrogens (tertiary/aromatic N) is 2. The van der Waals surface area contributed by atoms with Crippen molar-refractivity contribution >= 4 is 39.6 Å². The summed E-state index contributed by atoms with van der Waals surface area (Å²) < 4.78 is 0.925. The van der Waals surface area contributed by atoms with Crippen LogP contribution in [0, 0.1) is 3.82 Å². The molecule has 0 unspecified atom stereocenters. The van der Waals surface area contributed by atoms with Crippen LogP contribution in [0.2, 0.25) is 0 Å². The maximum absolute atomic E-state index is 5.54. The Morgan fingerprint density at radius 2 is 1.76 bits per heavy atom. The molecule has 1 aliphatic rings. The summed E-state index contributed by atoms with van der Waals surface area (Å²) in [7, 11) is 0. The summed E-state index contributed by atoms with van der Waals surface area (Å²) in [4.78, 5) is 7.15. The van der Waals surface area contributed by atoms with E-state index in [0.29, 0.717) is 0 Å². The van der Waals surface area contributed by atoms with Gasteiger partial charge in [0.05, 0.1) is 5.52 Å². The molecule has 3 aromatic rings. The molecule has 21 heavy (non-hydrogen) atoms. The van der Waals surface area contributed by atoms with E-state index < -0.39 is 0 Å². The third-order valence-electron chi connectivity index (χ3n) is 3.93. The molecule has 0 aliphatic carbocycles. The zero-order valence-corrected chi connectivity index (χ0v) is 13.1. The minimum Gasteiger partial charge on any atom is -0.343 e. The first-order valence-corrected chi connectivity index (χ1v) is 8.25. The van der Waals surface area contributed by atoms with Gasteiger partial charge in [-0.15, -0.1) is 0 Å². The lowest BCUT2D eigenvalue weighted by Crippen LogP contribution is -2.30. The van der Waals surface area contributed by atoms with Crippen LogP contribution in [0.5, 0.6) is 0 Å². The Morgan fingerprint density at radius 1 is 1.00 bits per heavy atom. The van der Waals surface area contributed by atoms with Crippen LogP contribution in [0.25, 0.3) is 10.9 Å². The van der Waals surface area contributed by atoms with Crippen molar-refractivity contribution in [2.45, 2.75) is 13.0 Å². The highest BCUT2D eigenvalue weighted by Crippen LogP contribution is 2.29. The molecule has 1 aromatic heterocycles. The molecule has 4 rings (SSSR count). The zero-order chi connectivity index (χ0) is 14.2. The smallest absolute Gasteiger partial charge is 0.187 e. The lowest BCUT2D eigenvalue weighted by molar-refractivity contribution is 0.729. The molecule has 0 saturated heterocycles. The molecular weight excluding hydrogens is 296 g/mol.